The Labute approximate surface area is 79.4 Å². The maximum Gasteiger partial charge on any atom is 0.148 e. The van der Waals surface area contributed by atoms with Crippen molar-refractivity contribution in [2.75, 3.05) is 25.2 Å². The molecule has 0 aliphatic carbocycles. The topological polar surface area (TPSA) is 69.4 Å². The van der Waals surface area contributed by atoms with E-state index in [1.807, 2.05) is 0 Å². The van der Waals surface area contributed by atoms with E-state index in [9.17, 15) is 8.42 Å². The molecule has 0 aromatic rings. The minimum atomic E-state index is -2.94. The van der Waals surface area contributed by atoms with Gasteiger partial charge in [-0.05, 0) is 18.8 Å². The minimum absolute atomic E-state index is 0.0949. The van der Waals surface area contributed by atoms with Crippen LogP contribution < -0.4 is 5.73 Å². The van der Waals surface area contributed by atoms with Gasteiger partial charge in [-0.1, -0.05) is 0 Å². The van der Waals surface area contributed by atoms with Crippen molar-refractivity contribution < 1.29 is 13.2 Å². The summed E-state index contributed by atoms with van der Waals surface area (Å²) >= 11 is 0. The molecular weight excluding hydrogens is 190 g/mol. The Morgan fingerprint density at radius 2 is 2.00 bits per heavy atom. The maximum absolute atomic E-state index is 11.0. The Bertz CT molecular complexity index is 244. The zero-order valence-corrected chi connectivity index (χ0v) is 8.72. The maximum atomic E-state index is 11.0. The smallest absolute Gasteiger partial charge is 0.148 e. The lowest BCUT2D eigenvalue weighted by Gasteiger charge is -2.26. The molecule has 1 unspecified atom stereocenters. The highest BCUT2D eigenvalue weighted by atomic mass is 32.2. The van der Waals surface area contributed by atoms with Gasteiger partial charge in [0.1, 0.15) is 9.84 Å². The largest absolute Gasteiger partial charge is 0.381 e. The third kappa shape index (κ3) is 4.06. The minimum Gasteiger partial charge on any atom is -0.381 e. The van der Waals surface area contributed by atoms with E-state index in [0.29, 0.717) is 19.1 Å². The van der Waals surface area contributed by atoms with Gasteiger partial charge in [0.2, 0.25) is 0 Å². The molecule has 1 rings (SSSR count). The normalized spacial score (nSPS) is 22.9. The Kier molecular flexibility index (Phi) is 3.70. The summed E-state index contributed by atoms with van der Waals surface area (Å²) in [6.45, 7) is 1.42. The first-order valence-corrected chi connectivity index (χ1v) is 6.56. The van der Waals surface area contributed by atoms with E-state index in [4.69, 9.17) is 10.5 Å². The van der Waals surface area contributed by atoms with Gasteiger partial charge in [-0.2, -0.15) is 0 Å². The summed E-state index contributed by atoms with van der Waals surface area (Å²) in [5.41, 5.74) is 5.80. The van der Waals surface area contributed by atoms with E-state index in [0.717, 1.165) is 12.8 Å². The van der Waals surface area contributed by atoms with Crippen molar-refractivity contribution in [3.63, 3.8) is 0 Å². The van der Waals surface area contributed by atoms with Crippen molar-refractivity contribution in [1.29, 1.82) is 0 Å². The molecule has 1 fully saturated rings. The summed E-state index contributed by atoms with van der Waals surface area (Å²) < 4.78 is 27.1. The van der Waals surface area contributed by atoms with E-state index < -0.39 is 9.84 Å². The molecule has 0 spiro atoms. The third-order valence-corrected chi connectivity index (χ3v) is 3.36. The quantitative estimate of drug-likeness (QED) is 0.695. The van der Waals surface area contributed by atoms with Crippen molar-refractivity contribution in [1.82, 2.24) is 0 Å². The number of nitrogens with two attached hydrogens (primary N) is 1. The fourth-order valence-electron chi connectivity index (χ4n) is 1.63. The first-order chi connectivity index (χ1) is 5.99. The average Bonchev–Trinajstić information content (AvgIpc) is 2.03. The lowest BCUT2D eigenvalue weighted by Crippen LogP contribution is -2.39. The fraction of sp³-hybridized carbons (Fsp3) is 1.00. The number of hydrogen-bond donors (Lipinski definition) is 1. The Morgan fingerprint density at radius 1 is 1.46 bits per heavy atom. The number of rotatable bonds is 3. The van der Waals surface area contributed by atoms with Gasteiger partial charge in [-0.25, -0.2) is 8.42 Å². The van der Waals surface area contributed by atoms with Crippen molar-refractivity contribution in [2.45, 2.75) is 18.9 Å². The van der Waals surface area contributed by atoms with E-state index >= 15 is 0 Å². The molecule has 1 atom stereocenters. The summed E-state index contributed by atoms with van der Waals surface area (Å²) in [7, 11) is -2.94. The predicted octanol–water partition coefficient (Wildman–Crippen LogP) is -0.215. The van der Waals surface area contributed by atoms with Crippen molar-refractivity contribution >= 4 is 9.84 Å². The van der Waals surface area contributed by atoms with Crippen LogP contribution in [0.2, 0.25) is 0 Å². The zero-order valence-electron chi connectivity index (χ0n) is 7.90. The highest BCUT2D eigenvalue weighted by molar-refractivity contribution is 7.90. The Balaban J connectivity index is 2.42. The predicted molar refractivity (Wildman–Crippen MR) is 51.2 cm³/mol. The molecule has 0 saturated carbocycles. The van der Waals surface area contributed by atoms with Gasteiger partial charge in [0.25, 0.3) is 0 Å². The van der Waals surface area contributed by atoms with E-state index in [2.05, 4.69) is 0 Å². The molecule has 1 heterocycles. The summed E-state index contributed by atoms with van der Waals surface area (Å²) in [6, 6.07) is -0.223. The lowest BCUT2D eigenvalue weighted by atomic mass is 9.94. The van der Waals surface area contributed by atoms with Gasteiger partial charge in [-0.15, -0.1) is 0 Å². The molecule has 78 valence electrons. The molecule has 13 heavy (non-hydrogen) atoms. The monoisotopic (exact) mass is 207 g/mol. The molecule has 1 saturated heterocycles. The van der Waals surface area contributed by atoms with Crippen molar-refractivity contribution in [3.05, 3.63) is 0 Å². The van der Waals surface area contributed by atoms with Crippen molar-refractivity contribution in [3.8, 4) is 0 Å². The van der Waals surface area contributed by atoms with Gasteiger partial charge in [0, 0.05) is 25.5 Å². The van der Waals surface area contributed by atoms with Gasteiger partial charge in [-0.3, -0.25) is 0 Å². The highest BCUT2D eigenvalue weighted by Gasteiger charge is 2.23. The molecule has 5 heteroatoms. The first kappa shape index (κ1) is 10.9. The molecular formula is C8H17NO3S. The molecule has 1 aliphatic rings. The van der Waals surface area contributed by atoms with Crippen LogP contribution in [0, 0.1) is 5.92 Å². The molecule has 0 radical (unpaired) electrons. The van der Waals surface area contributed by atoms with Crippen molar-refractivity contribution in [2.24, 2.45) is 11.7 Å². The summed E-state index contributed by atoms with van der Waals surface area (Å²) in [5, 5.41) is 0. The molecule has 0 bridgehead atoms. The summed E-state index contributed by atoms with van der Waals surface area (Å²) in [6.07, 6.45) is 3.00. The second kappa shape index (κ2) is 4.39. The zero-order chi connectivity index (χ0) is 9.90. The Morgan fingerprint density at radius 3 is 2.46 bits per heavy atom. The second-order valence-electron chi connectivity index (χ2n) is 3.71. The number of hydrogen-bond acceptors (Lipinski definition) is 4. The van der Waals surface area contributed by atoms with Crippen LogP contribution in [0.25, 0.3) is 0 Å². The van der Waals surface area contributed by atoms with E-state index in [1.165, 1.54) is 6.26 Å². The second-order valence-corrected chi connectivity index (χ2v) is 5.89. The SMILES string of the molecule is CS(=O)(=O)CC(N)C1CCOCC1. The van der Waals surface area contributed by atoms with E-state index in [1.54, 1.807) is 0 Å². The van der Waals surface area contributed by atoms with Crippen LogP contribution in [0.4, 0.5) is 0 Å². The number of sulfone groups is 1. The first-order valence-electron chi connectivity index (χ1n) is 4.50. The standard InChI is InChI=1S/C8H17NO3S/c1-13(10,11)6-8(9)7-2-4-12-5-3-7/h7-8H,2-6,9H2,1H3. The fourth-order valence-corrected chi connectivity index (χ4v) is 2.60. The van der Waals surface area contributed by atoms with Crippen LogP contribution in [-0.2, 0) is 14.6 Å². The van der Waals surface area contributed by atoms with Crippen LogP contribution in [0.5, 0.6) is 0 Å². The summed E-state index contributed by atoms with van der Waals surface area (Å²) in [5.74, 6) is 0.404. The average molecular weight is 207 g/mol. The highest BCUT2D eigenvalue weighted by Crippen LogP contribution is 2.18. The van der Waals surface area contributed by atoms with Gasteiger partial charge < -0.3 is 10.5 Å². The molecule has 0 aromatic heterocycles. The molecule has 1 aliphatic heterocycles. The molecule has 0 amide bonds. The Hall–Kier alpha value is -0.130. The van der Waals surface area contributed by atoms with Crippen LogP contribution >= 0.6 is 0 Å². The third-order valence-electron chi connectivity index (χ3n) is 2.37. The lowest BCUT2D eigenvalue weighted by molar-refractivity contribution is 0.0606. The molecule has 0 aromatic carbocycles. The van der Waals surface area contributed by atoms with Gasteiger partial charge >= 0.3 is 0 Å². The summed E-state index contributed by atoms with van der Waals surface area (Å²) in [4.78, 5) is 0. The van der Waals surface area contributed by atoms with Gasteiger partial charge in [0.05, 0.1) is 5.75 Å². The van der Waals surface area contributed by atoms with Crippen LogP contribution in [0.15, 0.2) is 0 Å². The molecule has 2 N–H and O–H groups in total. The van der Waals surface area contributed by atoms with E-state index in [-0.39, 0.29) is 11.8 Å². The van der Waals surface area contributed by atoms with Crippen LogP contribution in [0.1, 0.15) is 12.8 Å². The molecule has 4 nitrogen and oxygen atoms in total. The number of ether oxygens (including phenoxy) is 1. The van der Waals surface area contributed by atoms with Gasteiger partial charge in [0.15, 0.2) is 0 Å². The van der Waals surface area contributed by atoms with Crippen LogP contribution in [0.3, 0.4) is 0 Å². The van der Waals surface area contributed by atoms with Crippen LogP contribution in [-0.4, -0.2) is 39.7 Å².